The smallest absolute Gasteiger partial charge is 0.337 e. The van der Waals surface area contributed by atoms with Gasteiger partial charge in [-0.25, -0.2) is 12.8 Å². The summed E-state index contributed by atoms with van der Waals surface area (Å²) in [5.74, 6) is -0.481. The molecule has 0 aromatic heterocycles. The average Bonchev–Trinajstić information content (AvgIpc) is 3.34. The highest BCUT2D eigenvalue weighted by Gasteiger charge is 2.74. The molecule has 2 aliphatic carbocycles. The summed E-state index contributed by atoms with van der Waals surface area (Å²) >= 11 is 6.12. The Labute approximate surface area is 244 Å². The third-order valence-corrected chi connectivity index (χ3v) is 12.2. The Morgan fingerprint density at radius 2 is 1.57 bits per heavy atom. The summed E-state index contributed by atoms with van der Waals surface area (Å²) in [5.41, 5.74) is -7.00. The van der Waals surface area contributed by atoms with E-state index >= 15 is 0 Å². The molecule has 2 aromatic carbocycles. The van der Waals surface area contributed by atoms with Gasteiger partial charge in [-0.05, 0) is 73.9 Å². The van der Waals surface area contributed by atoms with Crippen LogP contribution in [0.3, 0.4) is 0 Å². The van der Waals surface area contributed by atoms with Gasteiger partial charge in [0.2, 0.25) is 5.91 Å². The molecule has 0 spiro atoms. The van der Waals surface area contributed by atoms with Crippen LogP contribution in [0.15, 0.2) is 41.3 Å². The van der Waals surface area contributed by atoms with Crippen LogP contribution in [0.2, 0.25) is 5.02 Å². The summed E-state index contributed by atoms with van der Waals surface area (Å²) < 4.78 is 124. The van der Waals surface area contributed by atoms with Crippen LogP contribution in [0, 0.1) is 12.8 Å². The Hall–Kier alpha value is -2.34. The first-order chi connectivity index (χ1) is 19.5. The number of carbonyl (C=O) groups excluding carboxylic acids is 1. The number of likely N-dealkylation sites (tertiary alicyclic amines) is 1. The molecule has 0 radical (unpaired) electrons. The molecule has 2 aromatic rings. The number of halogens is 8. The summed E-state index contributed by atoms with van der Waals surface area (Å²) in [6.07, 6.45) is -8.88. The normalized spacial score (nSPS) is 23.9. The highest BCUT2D eigenvalue weighted by Crippen LogP contribution is 2.57. The zero-order valence-electron chi connectivity index (χ0n) is 22.6. The number of sulfone groups is 1. The first kappa shape index (κ1) is 31.1. The van der Waals surface area contributed by atoms with Crippen LogP contribution in [-0.2, 0) is 31.5 Å². The summed E-state index contributed by atoms with van der Waals surface area (Å²) in [7, 11) is -4.41. The average molecular weight is 640 g/mol. The van der Waals surface area contributed by atoms with E-state index in [-0.39, 0.29) is 53.7 Å². The van der Waals surface area contributed by atoms with Crippen LogP contribution in [0.4, 0.5) is 30.7 Å². The van der Waals surface area contributed by atoms with Crippen LogP contribution >= 0.6 is 11.6 Å². The van der Waals surface area contributed by atoms with Gasteiger partial charge in [-0.3, -0.25) is 4.79 Å². The quantitative estimate of drug-likeness (QED) is 0.322. The predicted octanol–water partition coefficient (Wildman–Crippen LogP) is 7.73. The van der Waals surface area contributed by atoms with Crippen molar-refractivity contribution in [2.75, 3.05) is 6.54 Å². The minimum atomic E-state index is -6.31. The number of carbonyl (C=O) groups is 1. The van der Waals surface area contributed by atoms with Crippen molar-refractivity contribution in [3.8, 4) is 0 Å². The number of hydrogen-bond acceptors (Lipinski definition) is 3. The maximum atomic E-state index is 15.0. The largest absolute Gasteiger partial charge is 0.435 e. The number of hydrogen-bond donors (Lipinski definition) is 0. The van der Waals surface area contributed by atoms with Gasteiger partial charge >= 0.3 is 18.0 Å². The maximum absolute atomic E-state index is 15.0. The van der Waals surface area contributed by atoms with E-state index in [2.05, 4.69) is 0 Å². The predicted molar refractivity (Wildman–Crippen MR) is 141 cm³/mol. The third kappa shape index (κ3) is 4.53. The van der Waals surface area contributed by atoms with Crippen LogP contribution in [-0.4, -0.2) is 44.2 Å². The SMILES string of the molecule is Cc1cc(S(=O)(=O)C23CCN(C(=O)C4CCCCC4)C2CCc2cc(C(F)(C(F)(F)F)C(F)(F)F)ccc23)ccc1Cl. The van der Waals surface area contributed by atoms with Crippen molar-refractivity contribution in [2.45, 2.75) is 92.0 Å². The van der Waals surface area contributed by atoms with Gasteiger partial charge in [-0.15, -0.1) is 0 Å². The van der Waals surface area contributed by atoms with E-state index in [1.807, 2.05) is 0 Å². The fraction of sp³-hybridized carbons (Fsp3) is 0.552. The van der Waals surface area contributed by atoms with E-state index in [1.54, 1.807) is 6.92 Å². The summed E-state index contributed by atoms with van der Waals surface area (Å²) in [6.45, 7) is 1.64. The van der Waals surface area contributed by atoms with Crippen molar-refractivity contribution in [1.29, 1.82) is 0 Å². The topological polar surface area (TPSA) is 54.5 Å². The van der Waals surface area contributed by atoms with Gasteiger partial charge in [-0.2, -0.15) is 26.3 Å². The Bertz CT molecular complexity index is 1490. The van der Waals surface area contributed by atoms with Crippen molar-refractivity contribution in [3.05, 3.63) is 63.7 Å². The fourth-order valence-electron chi connectivity index (χ4n) is 7.07. The number of rotatable bonds is 4. The molecule has 5 rings (SSSR count). The van der Waals surface area contributed by atoms with E-state index in [4.69, 9.17) is 11.6 Å². The molecule has 1 saturated carbocycles. The molecule has 1 saturated heterocycles. The molecule has 230 valence electrons. The number of fused-ring (bicyclic) bond motifs is 3. The zero-order chi connectivity index (χ0) is 30.9. The van der Waals surface area contributed by atoms with Gasteiger partial charge in [0.25, 0.3) is 0 Å². The molecule has 13 heteroatoms. The number of alkyl halides is 7. The van der Waals surface area contributed by atoms with Gasteiger partial charge in [0.1, 0.15) is 4.75 Å². The molecule has 3 aliphatic rings. The molecule has 1 aliphatic heterocycles. The number of nitrogens with zero attached hydrogens (tertiary/aromatic N) is 1. The van der Waals surface area contributed by atoms with Crippen molar-refractivity contribution in [2.24, 2.45) is 5.92 Å². The van der Waals surface area contributed by atoms with Crippen LogP contribution in [0.25, 0.3) is 0 Å². The lowest BCUT2D eigenvalue weighted by Gasteiger charge is -2.43. The zero-order valence-corrected chi connectivity index (χ0v) is 24.2. The summed E-state index contributed by atoms with van der Waals surface area (Å²) in [5, 5.41) is 0.302. The van der Waals surface area contributed by atoms with Crippen molar-refractivity contribution in [1.82, 2.24) is 4.90 Å². The molecule has 4 nitrogen and oxygen atoms in total. The Balaban J connectivity index is 1.69. The number of amides is 1. The van der Waals surface area contributed by atoms with Crippen LogP contribution in [0.5, 0.6) is 0 Å². The molecule has 1 heterocycles. The summed E-state index contributed by atoms with van der Waals surface area (Å²) in [6, 6.07) is 4.87. The van der Waals surface area contributed by atoms with E-state index < -0.39 is 44.2 Å². The molecule has 2 fully saturated rings. The minimum Gasteiger partial charge on any atom is -0.337 e. The first-order valence-electron chi connectivity index (χ1n) is 13.7. The maximum Gasteiger partial charge on any atom is 0.435 e. The number of benzene rings is 2. The molecule has 1 amide bonds. The van der Waals surface area contributed by atoms with Crippen molar-refractivity contribution in [3.63, 3.8) is 0 Å². The minimum absolute atomic E-state index is 0.0132. The van der Waals surface area contributed by atoms with Crippen molar-refractivity contribution < 1.29 is 43.9 Å². The second-order valence-corrected chi connectivity index (χ2v) is 14.1. The first-order valence-corrected chi connectivity index (χ1v) is 15.6. The summed E-state index contributed by atoms with van der Waals surface area (Å²) in [4.78, 5) is 15.1. The molecule has 0 N–H and O–H groups in total. The van der Waals surface area contributed by atoms with Gasteiger partial charge in [0, 0.05) is 23.0 Å². The Morgan fingerprint density at radius 1 is 0.929 bits per heavy atom. The monoisotopic (exact) mass is 639 g/mol. The lowest BCUT2D eigenvalue weighted by atomic mass is 9.76. The second-order valence-electron chi connectivity index (χ2n) is 11.5. The lowest BCUT2D eigenvalue weighted by molar-refractivity contribution is -0.348. The molecular formula is C29H29ClF7NO3S. The third-order valence-electron chi connectivity index (χ3n) is 9.22. The molecule has 2 atom stereocenters. The van der Waals surface area contributed by atoms with E-state index in [0.717, 1.165) is 25.3 Å². The van der Waals surface area contributed by atoms with Gasteiger partial charge in [0.15, 0.2) is 9.84 Å². The highest BCUT2D eigenvalue weighted by atomic mass is 35.5. The van der Waals surface area contributed by atoms with Gasteiger partial charge in [-0.1, -0.05) is 49.1 Å². The fourth-order valence-corrected chi connectivity index (χ4v) is 9.64. The van der Waals surface area contributed by atoms with Gasteiger partial charge in [0.05, 0.1) is 10.9 Å². The number of aryl methyl sites for hydroxylation is 2. The second kappa shape index (κ2) is 10.4. The molecule has 2 unspecified atom stereocenters. The van der Waals surface area contributed by atoms with Crippen molar-refractivity contribution >= 4 is 27.3 Å². The van der Waals surface area contributed by atoms with Crippen LogP contribution in [0.1, 0.15) is 67.2 Å². The molecule has 42 heavy (non-hydrogen) atoms. The highest BCUT2D eigenvalue weighted by molar-refractivity contribution is 7.92. The molecule has 0 bridgehead atoms. The Kier molecular flexibility index (Phi) is 7.69. The standard InChI is InChI=1S/C29H29ClF7NO3S/c1-17-15-21(9-11-23(17)30)42(40,41)26-13-14-38(25(39)18-5-3-2-4-6-18)24(26)12-7-19-16-20(8-10-22(19)26)27(31,28(32,33)34)29(35,36)37/h8-11,15-16,18,24H,2-7,12-14H2,1H3. The lowest BCUT2D eigenvalue weighted by Crippen LogP contribution is -2.53. The molecular weight excluding hydrogens is 611 g/mol. The Morgan fingerprint density at radius 3 is 2.17 bits per heavy atom. The van der Waals surface area contributed by atoms with E-state index in [9.17, 15) is 43.9 Å². The van der Waals surface area contributed by atoms with E-state index in [1.165, 1.54) is 23.1 Å². The van der Waals surface area contributed by atoms with Gasteiger partial charge < -0.3 is 4.90 Å². The van der Waals surface area contributed by atoms with Crippen LogP contribution < -0.4 is 0 Å². The van der Waals surface area contributed by atoms with E-state index in [0.29, 0.717) is 35.6 Å².